The van der Waals surface area contributed by atoms with Gasteiger partial charge in [0.1, 0.15) is 6.04 Å². The number of anilines is 1. The first-order chi connectivity index (χ1) is 19.5. The number of carbonyl (C=O) groups is 1. The number of benzene rings is 2. The van der Waals surface area contributed by atoms with Gasteiger partial charge in [-0.25, -0.2) is 4.79 Å². The summed E-state index contributed by atoms with van der Waals surface area (Å²) in [4.78, 5) is 11.5. The number of nitrogens with one attached hydrogen (secondary N) is 2. The van der Waals surface area contributed by atoms with E-state index in [1.165, 1.54) is 7.11 Å². The lowest BCUT2D eigenvalue weighted by Crippen LogP contribution is -2.35. The number of carbonyl (C=O) groups excluding carboxylic acids is 1. The molecule has 0 spiro atoms. The summed E-state index contributed by atoms with van der Waals surface area (Å²) in [6.45, 7) is 0. The van der Waals surface area contributed by atoms with Gasteiger partial charge in [-0.2, -0.15) is 14.9 Å². The predicted molar refractivity (Wildman–Crippen MR) is 153 cm³/mol. The molecule has 1 fully saturated rings. The first-order valence-corrected chi connectivity index (χ1v) is 13.4. The van der Waals surface area contributed by atoms with E-state index in [0.29, 0.717) is 22.3 Å². The third-order valence-electron chi connectivity index (χ3n) is 7.19. The highest BCUT2D eigenvalue weighted by Crippen LogP contribution is 2.39. The van der Waals surface area contributed by atoms with E-state index in [4.69, 9.17) is 11.6 Å². The second-order valence-corrected chi connectivity index (χ2v) is 10.4. The molecule has 9 nitrogen and oxygen atoms in total. The van der Waals surface area contributed by atoms with Crippen molar-refractivity contribution < 1.29 is 14.3 Å². The zero-order valence-electron chi connectivity index (χ0n) is 21.8. The molecule has 2 N–H and O–H groups in total. The fraction of sp³-hybridized carbons (Fsp3) is 0.200. The van der Waals surface area contributed by atoms with Gasteiger partial charge in [-0.3, -0.25) is 15.1 Å². The van der Waals surface area contributed by atoms with Crippen LogP contribution in [0.25, 0.3) is 33.5 Å². The van der Waals surface area contributed by atoms with Gasteiger partial charge in [0.25, 0.3) is 0 Å². The van der Waals surface area contributed by atoms with Gasteiger partial charge in [0.15, 0.2) is 6.20 Å². The van der Waals surface area contributed by atoms with Crippen molar-refractivity contribution in [2.75, 3.05) is 12.4 Å². The van der Waals surface area contributed by atoms with Crippen LogP contribution in [0.4, 0.5) is 10.5 Å². The maximum atomic E-state index is 13.5. The lowest BCUT2D eigenvalue weighted by molar-refractivity contribution is -0.615. The largest absolute Gasteiger partial charge is 0.618 e. The first-order valence-electron chi connectivity index (χ1n) is 13.0. The van der Waals surface area contributed by atoms with Crippen LogP contribution in [-0.2, 0) is 4.74 Å². The number of H-pyrrole nitrogens is 1. The topological polar surface area (TPSA) is 112 Å². The maximum Gasteiger partial charge on any atom is 0.411 e. The molecule has 10 heteroatoms. The second-order valence-electron chi connectivity index (χ2n) is 9.93. The Morgan fingerprint density at radius 3 is 2.62 bits per heavy atom. The molecule has 202 valence electrons. The van der Waals surface area contributed by atoms with Gasteiger partial charge < -0.3 is 9.94 Å². The van der Waals surface area contributed by atoms with Crippen LogP contribution in [-0.4, -0.2) is 33.2 Å². The number of aromatic amines is 1. The van der Waals surface area contributed by atoms with E-state index >= 15 is 0 Å². The van der Waals surface area contributed by atoms with Crippen molar-refractivity contribution in [2.24, 2.45) is 5.92 Å². The molecule has 1 aliphatic carbocycles. The number of hydrogen-bond acceptors (Lipinski definition) is 5. The maximum absolute atomic E-state index is 13.5. The van der Waals surface area contributed by atoms with E-state index in [2.05, 4.69) is 25.3 Å². The summed E-state index contributed by atoms with van der Waals surface area (Å²) in [6, 6.07) is 18.6. The molecule has 40 heavy (non-hydrogen) atoms. The van der Waals surface area contributed by atoms with Crippen LogP contribution >= 0.6 is 11.6 Å². The Bertz CT molecular complexity index is 1640. The molecule has 1 saturated carbocycles. The van der Waals surface area contributed by atoms with Gasteiger partial charge in [0, 0.05) is 45.9 Å². The zero-order valence-corrected chi connectivity index (χ0v) is 22.5. The van der Waals surface area contributed by atoms with Crippen LogP contribution in [0.15, 0.2) is 85.5 Å². The van der Waals surface area contributed by atoms with Crippen LogP contribution in [0.2, 0.25) is 5.02 Å². The molecule has 1 aliphatic rings. The predicted octanol–water partition coefficient (Wildman–Crippen LogP) is 6.46. The SMILES string of the molecule is COC(=O)Nc1ccc(-c2cnn(C(CC3CC3)c3ccc(-c4cc(Cl)ccc4-c4ccn[nH]4)c[n+]3[O-])c2)cc1. The van der Waals surface area contributed by atoms with E-state index < -0.39 is 6.09 Å². The monoisotopic (exact) mass is 554 g/mol. The Kier molecular flexibility index (Phi) is 6.96. The Labute approximate surface area is 236 Å². The van der Waals surface area contributed by atoms with Gasteiger partial charge in [0.2, 0.25) is 5.69 Å². The highest BCUT2D eigenvalue weighted by molar-refractivity contribution is 6.31. The highest BCUT2D eigenvalue weighted by atomic mass is 35.5. The Hall–Kier alpha value is -4.63. The smallest absolute Gasteiger partial charge is 0.411 e. The molecule has 5 aromatic rings. The Morgan fingerprint density at radius 1 is 1.12 bits per heavy atom. The molecule has 0 aliphatic heterocycles. The summed E-state index contributed by atoms with van der Waals surface area (Å²) in [5.74, 6) is 0.570. The van der Waals surface area contributed by atoms with Crippen molar-refractivity contribution >= 4 is 23.4 Å². The number of pyridine rings is 1. The van der Waals surface area contributed by atoms with Crippen molar-refractivity contribution in [3.05, 3.63) is 101 Å². The molecule has 0 radical (unpaired) electrons. The van der Waals surface area contributed by atoms with Crippen LogP contribution in [0.3, 0.4) is 0 Å². The fourth-order valence-corrected chi connectivity index (χ4v) is 5.08. The molecule has 1 atom stereocenters. The van der Waals surface area contributed by atoms with E-state index in [1.807, 2.05) is 71.5 Å². The van der Waals surface area contributed by atoms with Crippen molar-refractivity contribution in [1.29, 1.82) is 0 Å². The van der Waals surface area contributed by atoms with Gasteiger partial charge in [-0.05, 0) is 59.9 Å². The molecule has 1 unspecified atom stereocenters. The summed E-state index contributed by atoms with van der Waals surface area (Å²) >= 11 is 6.34. The summed E-state index contributed by atoms with van der Waals surface area (Å²) in [7, 11) is 1.32. The first kappa shape index (κ1) is 25.6. The van der Waals surface area contributed by atoms with Crippen molar-refractivity contribution in [1.82, 2.24) is 20.0 Å². The number of methoxy groups -OCH3 is 1. The minimum Gasteiger partial charge on any atom is -0.618 e. The van der Waals surface area contributed by atoms with Gasteiger partial charge >= 0.3 is 6.09 Å². The number of amides is 1. The Morgan fingerprint density at radius 2 is 1.93 bits per heavy atom. The molecule has 1 amide bonds. The van der Waals surface area contributed by atoms with E-state index in [1.54, 1.807) is 18.6 Å². The number of aromatic nitrogens is 5. The molecular weight excluding hydrogens is 528 g/mol. The van der Waals surface area contributed by atoms with Crippen molar-refractivity contribution in [3.63, 3.8) is 0 Å². The number of halogens is 1. The number of rotatable bonds is 8. The minimum atomic E-state index is -0.520. The standard InChI is InChI=1S/C30H27ClN6O3/c1-40-30(38)34-24-8-4-20(5-9-24)22-16-33-36(17-22)29(14-19-2-3-19)28-11-6-21(18-37(28)39)26-15-23(31)7-10-25(26)27-12-13-32-35-27/h4-13,15-19,29H,2-3,14H2,1H3,(H,32,35)(H,34,38). The second kappa shape index (κ2) is 10.9. The van der Waals surface area contributed by atoms with Gasteiger partial charge in [-0.1, -0.05) is 42.6 Å². The molecule has 3 aromatic heterocycles. The molecule has 6 rings (SSSR count). The third kappa shape index (κ3) is 5.41. The summed E-state index contributed by atoms with van der Waals surface area (Å²) < 4.78 is 7.48. The molecule has 0 saturated heterocycles. The highest BCUT2D eigenvalue weighted by Gasteiger charge is 2.32. The van der Waals surface area contributed by atoms with Crippen LogP contribution in [0.1, 0.15) is 31.0 Å². The normalized spacial score (nSPS) is 13.7. The number of ether oxygens (including phenoxy) is 1. The lowest BCUT2D eigenvalue weighted by atomic mass is 9.98. The molecule has 0 bridgehead atoms. The molecule has 3 heterocycles. The van der Waals surface area contributed by atoms with E-state index in [0.717, 1.165) is 57.5 Å². The zero-order chi connectivity index (χ0) is 27.6. The number of nitrogens with zero attached hydrogens (tertiary/aromatic N) is 4. The Balaban J connectivity index is 1.30. The van der Waals surface area contributed by atoms with Crippen molar-refractivity contribution in [3.8, 4) is 33.5 Å². The van der Waals surface area contributed by atoms with E-state index in [9.17, 15) is 10.0 Å². The average Bonchev–Trinajstić information content (AvgIpc) is 3.39. The molecular formula is C30H27ClN6O3. The summed E-state index contributed by atoms with van der Waals surface area (Å²) in [6.07, 6.45) is 9.70. The third-order valence-corrected chi connectivity index (χ3v) is 7.43. The summed E-state index contributed by atoms with van der Waals surface area (Å²) in [5.41, 5.74) is 6.50. The van der Waals surface area contributed by atoms with Crippen LogP contribution < -0.4 is 10.0 Å². The van der Waals surface area contributed by atoms with Gasteiger partial charge in [0.05, 0.1) is 19.0 Å². The number of hydrogen-bond donors (Lipinski definition) is 2. The summed E-state index contributed by atoms with van der Waals surface area (Å²) in [5, 5.41) is 28.5. The van der Waals surface area contributed by atoms with Crippen LogP contribution in [0.5, 0.6) is 0 Å². The van der Waals surface area contributed by atoms with E-state index in [-0.39, 0.29) is 6.04 Å². The fourth-order valence-electron chi connectivity index (χ4n) is 4.91. The van der Waals surface area contributed by atoms with Crippen LogP contribution in [0, 0.1) is 11.1 Å². The van der Waals surface area contributed by atoms with Crippen molar-refractivity contribution in [2.45, 2.75) is 25.3 Å². The van der Waals surface area contributed by atoms with Gasteiger partial charge in [-0.15, -0.1) is 0 Å². The average molecular weight is 555 g/mol. The quantitative estimate of drug-likeness (QED) is 0.169. The minimum absolute atomic E-state index is 0.209. The lowest BCUT2D eigenvalue weighted by Gasteiger charge is -2.18. The molecule has 2 aromatic carbocycles.